The Balaban J connectivity index is 1.72. The van der Waals surface area contributed by atoms with E-state index < -0.39 is 0 Å². The molecule has 0 aromatic heterocycles. The number of carbonyl (C=O) groups is 1. The molecule has 2 aromatic carbocycles. The predicted octanol–water partition coefficient (Wildman–Crippen LogP) is 4.35. The van der Waals surface area contributed by atoms with E-state index in [9.17, 15) is 4.79 Å². The molecule has 0 saturated heterocycles. The highest BCUT2D eigenvalue weighted by Crippen LogP contribution is 2.28. The van der Waals surface area contributed by atoms with Crippen LogP contribution in [0.15, 0.2) is 36.4 Å². The largest absolute Gasteiger partial charge is 0.362 e. The van der Waals surface area contributed by atoms with Gasteiger partial charge in [0.1, 0.15) is 0 Å². The summed E-state index contributed by atoms with van der Waals surface area (Å²) in [5.74, 6) is -0.0378. The van der Waals surface area contributed by atoms with E-state index in [2.05, 4.69) is 35.3 Å². The highest BCUT2D eigenvalue weighted by molar-refractivity contribution is 6.33. The second-order valence-electron chi connectivity index (χ2n) is 6.19. The number of anilines is 2. The fraction of sp³-hybridized carbons (Fsp3) is 0.316. The van der Waals surface area contributed by atoms with Gasteiger partial charge in [0, 0.05) is 12.2 Å². The molecule has 1 aliphatic rings. The smallest absolute Gasteiger partial charge is 0.243 e. The zero-order valence-electron chi connectivity index (χ0n) is 13.5. The van der Waals surface area contributed by atoms with Gasteiger partial charge in [-0.15, -0.1) is 0 Å². The van der Waals surface area contributed by atoms with Gasteiger partial charge >= 0.3 is 0 Å². The molecule has 0 unspecified atom stereocenters. The molecule has 0 fully saturated rings. The minimum atomic E-state index is -0.0378. The number of carbonyl (C=O) groups excluding carboxylic acids is 1. The number of amides is 1. The first kappa shape index (κ1) is 15.9. The summed E-state index contributed by atoms with van der Waals surface area (Å²) in [6.45, 7) is 5.33. The number of halogens is 1. The van der Waals surface area contributed by atoms with Crippen LogP contribution < -0.4 is 10.2 Å². The first-order valence-electron chi connectivity index (χ1n) is 7.93. The lowest BCUT2D eigenvalue weighted by Gasteiger charge is -2.31. The molecule has 0 saturated carbocycles. The molecule has 1 heterocycles. The summed E-state index contributed by atoms with van der Waals surface area (Å²) in [6.07, 6.45) is 2.16. The topological polar surface area (TPSA) is 32.3 Å². The highest BCUT2D eigenvalue weighted by Gasteiger charge is 2.19. The van der Waals surface area contributed by atoms with Crippen molar-refractivity contribution in [3.8, 4) is 0 Å². The number of nitrogens with one attached hydrogen (secondary N) is 1. The normalized spacial score (nSPS) is 13.6. The van der Waals surface area contributed by atoms with Crippen LogP contribution in [-0.4, -0.2) is 19.0 Å². The monoisotopic (exact) mass is 328 g/mol. The fourth-order valence-electron chi connectivity index (χ4n) is 3.05. The summed E-state index contributed by atoms with van der Waals surface area (Å²) < 4.78 is 0. The summed E-state index contributed by atoms with van der Waals surface area (Å²) in [7, 11) is 0. The number of hydrogen-bond donors (Lipinski definition) is 1. The van der Waals surface area contributed by atoms with E-state index in [4.69, 9.17) is 11.6 Å². The van der Waals surface area contributed by atoms with Gasteiger partial charge in [0.25, 0.3) is 0 Å². The van der Waals surface area contributed by atoms with E-state index in [-0.39, 0.29) is 5.91 Å². The van der Waals surface area contributed by atoms with Gasteiger partial charge in [-0.05, 0) is 56.0 Å². The Bertz CT molecular complexity index is 742. The first-order valence-corrected chi connectivity index (χ1v) is 8.31. The van der Waals surface area contributed by atoms with Crippen molar-refractivity contribution in [2.24, 2.45) is 0 Å². The van der Waals surface area contributed by atoms with Crippen LogP contribution in [0.25, 0.3) is 0 Å². The summed E-state index contributed by atoms with van der Waals surface area (Å²) in [6, 6.07) is 12.1. The van der Waals surface area contributed by atoms with Crippen molar-refractivity contribution in [3.05, 3.63) is 58.1 Å². The molecule has 0 atom stereocenters. The van der Waals surface area contributed by atoms with Crippen molar-refractivity contribution >= 4 is 28.9 Å². The van der Waals surface area contributed by atoms with Crippen molar-refractivity contribution in [2.45, 2.75) is 26.7 Å². The van der Waals surface area contributed by atoms with Crippen molar-refractivity contribution in [1.29, 1.82) is 0 Å². The average molecular weight is 329 g/mol. The minimum Gasteiger partial charge on any atom is -0.362 e. The van der Waals surface area contributed by atoms with Gasteiger partial charge in [-0.25, -0.2) is 0 Å². The Morgan fingerprint density at radius 3 is 2.70 bits per heavy atom. The maximum Gasteiger partial charge on any atom is 0.243 e. The van der Waals surface area contributed by atoms with Gasteiger partial charge < -0.3 is 10.2 Å². The molecule has 23 heavy (non-hydrogen) atoms. The van der Waals surface area contributed by atoms with E-state index in [1.807, 2.05) is 25.1 Å². The lowest BCUT2D eigenvalue weighted by molar-refractivity contribution is -0.115. The summed E-state index contributed by atoms with van der Waals surface area (Å²) in [4.78, 5) is 14.5. The van der Waals surface area contributed by atoms with Crippen molar-refractivity contribution in [2.75, 3.05) is 23.3 Å². The van der Waals surface area contributed by atoms with Crippen molar-refractivity contribution < 1.29 is 4.79 Å². The quantitative estimate of drug-likeness (QED) is 0.908. The Morgan fingerprint density at radius 1 is 1.17 bits per heavy atom. The lowest BCUT2D eigenvalue weighted by atomic mass is 9.99. The van der Waals surface area contributed by atoms with Gasteiger partial charge in [-0.2, -0.15) is 0 Å². The van der Waals surface area contributed by atoms with Crippen molar-refractivity contribution in [1.82, 2.24) is 0 Å². The SMILES string of the molecule is Cc1ccc(NC(=O)CN2CCCc3cc(C)ccc32)c(Cl)c1. The molecule has 1 amide bonds. The van der Waals surface area contributed by atoms with Gasteiger partial charge in [0.15, 0.2) is 0 Å². The number of hydrogen-bond acceptors (Lipinski definition) is 2. The molecule has 3 nitrogen and oxygen atoms in total. The van der Waals surface area contributed by atoms with Crippen LogP contribution >= 0.6 is 11.6 Å². The van der Waals surface area contributed by atoms with E-state index in [1.165, 1.54) is 16.8 Å². The van der Waals surface area contributed by atoms with Gasteiger partial charge in [0.2, 0.25) is 5.91 Å². The van der Waals surface area contributed by atoms with Gasteiger partial charge in [0.05, 0.1) is 17.3 Å². The second-order valence-corrected chi connectivity index (χ2v) is 6.60. The summed E-state index contributed by atoms with van der Waals surface area (Å²) in [5, 5.41) is 3.49. The summed E-state index contributed by atoms with van der Waals surface area (Å²) >= 11 is 6.19. The van der Waals surface area contributed by atoms with E-state index in [0.29, 0.717) is 17.3 Å². The third-order valence-electron chi connectivity index (χ3n) is 4.18. The third kappa shape index (κ3) is 3.67. The van der Waals surface area contributed by atoms with E-state index in [1.54, 1.807) is 0 Å². The lowest BCUT2D eigenvalue weighted by Crippen LogP contribution is -2.36. The predicted molar refractivity (Wildman–Crippen MR) is 96.5 cm³/mol. The first-order chi connectivity index (χ1) is 11.0. The highest BCUT2D eigenvalue weighted by atomic mass is 35.5. The van der Waals surface area contributed by atoms with Gasteiger partial charge in [-0.1, -0.05) is 35.4 Å². The zero-order valence-corrected chi connectivity index (χ0v) is 14.3. The standard InChI is InChI=1S/C19H21ClN2O/c1-13-6-8-18-15(10-13)4-3-9-22(18)12-19(23)21-17-7-5-14(2)11-16(17)20/h5-8,10-11H,3-4,9,12H2,1-2H3,(H,21,23). The van der Waals surface area contributed by atoms with Crippen LogP contribution in [0, 0.1) is 13.8 Å². The molecule has 4 heteroatoms. The Hall–Kier alpha value is -2.00. The average Bonchev–Trinajstić information content (AvgIpc) is 2.50. The maximum atomic E-state index is 12.4. The molecule has 1 aliphatic heterocycles. The number of benzene rings is 2. The molecule has 0 aliphatic carbocycles. The molecule has 120 valence electrons. The molecular formula is C19H21ClN2O. The zero-order chi connectivity index (χ0) is 16.4. The van der Waals surface area contributed by atoms with Crippen LogP contribution in [0.1, 0.15) is 23.1 Å². The Kier molecular flexibility index (Phi) is 4.58. The minimum absolute atomic E-state index is 0.0378. The van der Waals surface area contributed by atoms with Crippen LogP contribution in [0.3, 0.4) is 0 Å². The second kappa shape index (κ2) is 6.63. The van der Waals surface area contributed by atoms with Crippen LogP contribution in [0.4, 0.5) is 11.4 Å². The Labute approximate surface area is 142 Å². The number of aryl methyl sites for hydroxylation is 3. The third-order valence-corrected chi connectivity index (χ3v) is 4.50. The molecule has 0 spiro atoms. The van der Waals surface area contributed by atoms with Crippen LogP contribution in [-0.2, 0) is 11.2 Å². The summed E-state index contributed by atoms with van der Waals surface area (Å²) in [5.41, 5.74) is 5.52. The maximum absolute atomic E-state index is 12.4. The van der Waals surface area contributed by atoms with Crippen LogP contribution in [0.2, 0.25) is 5.02 Å². The van der Waals surface area contributed by atoms with E-state index >= 15 is 0 Å². The molecule has 3 rings (SSSR count). The molecule has 2 aromatic rings. The molecule has 0 bridgehead atoms. The number of nitrogens with zero attached hydrogens (tertiary/aromatic N) is 1. The molecular weight excluding hydrogens is 308 g/mol. The van der Waals surface area contributed by atoms with E-state index in [0.717, 1.165) is 24.9 Å². The van der Waals surface area contributed by atoms with Crippen LogP contribution in [0.5, 0.6) is 0 Å². The number of rotatable bonds is 3. The van der Waals surface area contributed by atoms with Crippen molar-refractivity contribution in [3.63, 3.8) is 0 Å². The Morgan fingerprint density at radius 2 is 1.91 bits per heavy atom. The molecule has 1 N–H and O–H groups in total. The molecule has 0 radical (unpaired) electrons. The fourth-order valence-corrected chi connectivity index (χ4v) is 3.34. The number of fused-ring (bicyclic) bond motifs is 1. The van der Waals surface area contributed by atoms with Gasteiger partial charge in [-0.3, -0.25) is 4.79 Å².